The first kappa shape index (κ1) is 15.0. The van der Waals surface area contributed by atoms with Crippen molar-refractivity contribution < 1.29 is 5.11 Å². The zero-order valence-electron chi connectivity index (χ0n) is 12.9. The highest BCUT2D eigenvalue weighted by Crippen LogP contribution is 2.34. The van der Waals surface area contributed by atoms with E-state index in [0.717, 1.165) is 44.9 Å². The summed E-state index contributed by atoms with van der Waals surface area (Å²) in [4.78, 5) is 2.59. The summed E-state index contributed by atoms with van der Waals surface area (Å²) in [6, 6.07) is 10.7. The number of rotatable bonds is 5. The highest BCUT2D eigenvalue weighted by atomic mass is 16.3. The van der Waals surface area contributed by atoms with Crippen LogP contribution in [0.5, 0.6) is 0 Å². The molecule has 3 nitrogen and oxygen atoms in total. The summed E-state index contributed by atoms with van der Waals surface area (Å²) in [5, 5.41) is 13.6. The van der Waals surface area contributed by atoms with Crippen molar-refractivity contribution in [3.63, 3.8) is 0 Å². The van der Waals surface area contributed by atoms with E-state index >= 15 is 0 Å². The third-order valence-electron chi connectivity index (χ3n) is 5.35. The van der Waals surface area contributed by atoms with Crippen molar-refractivity contribution in [1.29, 1.82) is 0 Å². The van der Waals surface area contributed by atoms with Crippen LogP contribution in [-0.2, 0) is 6.42 Å². The van der Waals surface area contributed by atoms with Gasteiger partial charge >= 0.3 is 0 Å². The summed E-state index contributed by atoms with van der Waals surface area (Å²) in [6.07, 6.45) is 5.89. The standard InChI is InChI=1S/C18H28N2O/c21-15-18(13-16-5-2-1-3-6-16)9-4-12-20(18)14-17-7-10-19-11-8-17/h1-3,5-6,17,19,21H,4,7-15H2. The van der Waals surface area contributed by atoms with E-state index in [0.29, 0.717) is 0 Å². The molecule has 0 bridgehead atoms. The van der Waals surface area contributed by atoms with Crippen LogP contribution in [0.1, 0.15) is 31.2 Å². The Morgan fingerprint density at radius 2 is 1.95 bits per heavy atom. The quantitative estimate of drug-likeness (QED) is 0.870. The van der Waals surface area contributed by atoms with Crippen LogP contribution >= 0.6 is 0 Å². The maximum absolute atomic E-state index is 10.1. The molecule has 0 saturated carbocycles. The third-order valence-corrected chi connectivity index (χ3v) is 5.35. The van der Waals surface area contributed by atoms with Crippen LogP contribution < -0.4 is 5.32 Å². The Morgan fingerprint density at radius 1 is 1.19 bits per heavy atom. The van der Waals surface area contributed by atoms with Gasteiger partial charge in [-0.1, -0.05) is 30.3 Å². The Balaban J connectivity index is 1.69. The summed E-state index contributed by atoms with van der Waals surface area (Å²) in [7, 11) is 0. The first-order valence-corrected chi connectivity index (χ1v) is 8.43. The van der Waals surface area contributed by atoms with Crippen molar-refractivity contribution in [3.05, 3.63) is 35.9 Å². The zero-order valence-corrected chi connectivity index (χ0v) is 12.9. The van der Waals surface area contributed by atoms with Crippen LogP contribution in [0.2, 0.25) is 0 Å². The molecular weight excluding hydrogens is 260 g/mol. The molecular formula is C18H28N2O. The van der Waals surface area contributed by atoms with Crippen molar-refractivity contribution in [2.75, 3.05) is 32.8 Å². The first-order chi connectivity index (χ1) is 10.3. The van der Waals surface area contributed by atoms with Gasteiger partial charge in [0, 0.05) is 12.1 Å². The number of hydrogen-bond donors (Lipinski definition) is 2. The van der Waals surface area contributed by atoms with Crippen molar-refractivity contribution in [1.82, 2.24) is 10.2 Å². The fourth-order valence-corrected chi connectivity index (χ4v) is 4.07. The minimum absolute atomic E-state index is 0.0216. The molecule has 3 rings (SSSR count). The van der Waals surface area contributed by atoms with Gasteiger partial charge in [0.15, 0.2) is 0 Å². The maximum atomic E-state index is 10.1. The molecule has 0 radical (unpaired) electrons. The molecule has 2 aliphatic heterocycles. The van der Waals surface area contributed by atoms with E-state index in [1.807, 2.05) is 0 Å². The van der Waals surface area contributed by atoms with Crippen molar-refractivity contribution in [2.24, 2.45) is 5.92 Å². The van der Waals surface area contributed by atoms with E-state index in [1.165, 1.54) is 24.8 Å². The fraction of sp³-hybridized carbons (Fsp3) is 0.667. The number of piperidine rings is 1. The number of benzene rings is 1. The molecule has 3 heteroatoms. The van der Waals surface area contributed by atoms with Gasteiger partial charge in [-0.2, -0.15) is 0 Å². The Kier molecular flexibility index (Phi) is 4.94. The molecule has 0 aromatic heterocycles. The molecule has 1 unspecified atom stereocenters. The van der Waals surface area contributed by atoms with Crippen LogP contribution in [0.25, 0.3) is 0 Å². The largest absolute Gasteiger partial charge is 0.394 e. The lowest BCUT2D eigenvalue weighted by Crippen LogP contribution is -2.51. The monoisotopic (exact) mass is 288 g/mol. The van der Waals surface area contributed by atoms with Crippen molar-refractivity contribution in [3.8, 4) is 0 Å². The number of likely N-dealkylation sites (tertiary alicyclic amines) is 1. The van der Waals surface area contributed by atoms with Gasteiger partial charge < -0.3 is 10.4 Å². The minimum atomic E-state index is -0.0216. The van der Waals surface area contributed by atoms with Crippen LogP contribution in [0.4, 0.5) is 0 Å². The topological polar surface area (TPSA) is 35.5 Å². The maximum Gasteiger partial charge on any atom is 0.0618 e. The Labute approximate surface area is 128 Å². The normalized spacial score (nSPS) is 28.0. The molecule has 116 valence electrons. The molecule has 21 heavy (non-hydrogen) atoms. The zero-order chi connectivity index (χ0) is 14.5. The molecule has 0 aliphatic carbocycles. The molecule has 1 aromatic rings. The molecule has 2 saturated heterocycles. The lowest BCUT2D eigenvalue weighted by molar-refractivity contribution is 0.0480. The van der Waals surface area contributed by atoms with E-state index in [4.69, 9.17) is 0 Å². The Morgan fingerprint density at radius 3 is 2.67 bits per heavy atom. The highest BCUT2D eigenvalue weighted by molar-refractivity contribution is 5.19. The number of aliphatic hydroxyl groups is 1. The van der Waals surface area contributed by atoms with Crippen molar-refractivity contribution >= 4 is 0 Å². The molecule has 2 N–H and O–H groups in total. The summed E-state index contributed by atoms with van der Waals surface area (Å²) < 4.78 is 0. The number of aliphatic hydroxyl groups excluding tert-OH is 1. The van der Waals surface area contributed by atoms with E-state index in [1.54, 1.807) is 0 Å². The van der Waals surface area contributed by atoms with Crippen LogP contribution in [0, 0.1) is 5.92 Å². The van der Waals surface area contributed by atoms with Crippen LogP contribution in [0.3, 0.4) is 0 Å². The van der Waals surface area contributed by atoms with Gasteiger partial charge in [0.2, 0.25) is 0 Å². The molecule has 1 aromatic carbocycles. The SMILES string of the molecule is OCC1(Cc2ccccc2)CCCN1CC1CCNCC1. The Bertz CT molecular complexity index is 430. The second-order valence-electron chi connectivity index (χ2n) is 6.79. The van der Waals surface area contributed by atoms with Crippen molar-refractivity contribution in [2.45, 2.75) is 37.6 Å². The molecule has 0 spiro atoms. The van der Waals surface area contributed by atoms with E-state index in [2.05, 4.69) is 40.5 Å². The van der Waals surface area contributed by atoms with Gasteiger partial charge in [0.05, 0.1) is 6.61 Å². The molecule has 2 fully saturated rings. The second kappa shape index (κ2) is 6.91. The second-order valence-corrected chi connectivity index (χ2v) is 6.79. The number of nitrogens with one attached hydrogen (secondary N) is 1. The fourth-order valence-electron chi connectivity index (χ4n) is 4.07. The van der Waals surface area contributed by atoms with Gasteiger partial charge in [-0.25, -0.2) is 0 Å². The van der Waals surface area contributed by atoms with Gasteiger partial charge in [0.1, 0.15) is 0 Å². The van der Waals surface area contributed by atoms with Gasteiger partial charge in [0.25, 0.3) is 0 Å². The minimum Gasteiger partial charge on any atom is -0.394 e. The molecule has 1 atom stereocenters. The average molecular weight is 288 g/mol. The summed E-state index contributed by atoms with van der Waals surface area (Å²) in [5.41, 5.74) is 1.33. The van der Waals surface area contributed by atoms with Gasteiger partial charge in [-0.05, 0) is 63.2 Å². The predicted molar refractivity (Wildman–Crippen MR) is 86.4 cm³/mol. The number of nitrogens with zero attached hydrogens (tertiary/aromatic N) is 1. The lowest BCUT2D eigenvalue weighted by atomic mass is 9.87. The highest BCUT2D eigenvalue weighted by Gasteiger charge is 2.41. The summed E-state index contributed by atoms with van der Waals surface area (Å²) in [6.45, 7) is 4.91. The van der Waals surface area contributed by atoms with E-state index in [9.17, 15) is 5.11 Å². The summed E-state index contributed by atoms with van der Waals surface area (Å²) in [5.74, 6) is 0.797. The van der Waals surface area contributed by atoms with Gasteiger partial charge in [-0.15, -0.1) is 0 Å². The Hall–Kier alpha value is -0.900. The van der Waals surface area contributed by atoms with Crippen LogP contribution in [0.15, 0.2) is 30.3 Å². The lowest BCUT2D eigenvalue weighted by Gasteiger charge is -2.40. The third kappa shape index (κ3) is 3.47. The van der Waals surface area contributed by atoms with E-state index < -0.39 is 0 Å². The smallest absolute Gasteiger partial charge is 0.0618 e. The summed E-state index contributed by atoms with van der Waals surface area (Å²) >= 11 is 0. The van der Waals surface area contributed by atoms with Crippen LogP contribution in [-0.4, -0.2) is 48.3 Å². The molecule has 2 aliphatic rings. The van der Waals surface area contributed by atoms with E-state index in [-0.39, 0.29) is 12.1 Å². The average Bonchev–Trinajstić information content (AvgIpc) is 2.92. The first-order valence-electron chi connectivity index (χ1n) is 8.43. The predicted octanol–water partition coefficient (Wildman–Crippen LogP) is 2.06. The number of hydrogen-bond acceptors (Lipinski definition) is 3. The van der Waals surface area contributed by atoms with Gasteiger partial charge in [-0.3, -0.25) is 4.90 Å². The molecule has 2 heterocycles. The molecule has 0 amide bonds.